The Bertz CT molecular complexity index is 636. The Kier molecular flexibility index (Phi) is 4.94. The van der Waals surface area contributed by atoms with E-state index in [4.69, 9.17) is 5.73 Å². The van der Waals surface area contributed by atoms with Crippen LogP contribution in [-0.2, 0) is 20.7 Å². The molecule has 6 heteroatoms. The molecule has 0 radical (unpaired) electrons. The Morgan fingerprint density at radius 2 is 2.14 bits per heavy atom. The zero-order valence-electron chi connectivity index (χ0n) is 11.9. The van der Waals surface area contributed by atoms with Gasteiger partial charge in [-0.05, 0) is 18.1 Å². The van der Waals surface area contributed by atoms with Gasteiger partial charge in [0.2, 0.25) is 5.91 Å². The van der Waals surface area contributed by atoms with E-state index >= 15 is 0 Å². The molecule has 4 N–H and O–H groups in total. The molecule has 1 atom stereocenters. The molecule has 1 aromatic carbocycles. The number of methoxy groups -OCH3 is 1. The van der Waals surface area contributed by atoms with Crippen LogP contribution < -0.4 is 11.1 Å². The number of aromatic nitrogens is 1. The lowest BCUT2D eigenvalue weighted by molar-refractivity contribution is -0.142. The van der Waals surface area contributed by atoms with Crippen molar-refractivity contribution in [2.75, 3.05) is 13.7 Å². The minimum absolute atomic E-state index is 0.116. The molecule has 2 rings (SSSR count). The second-order valence-corrected chi connectivity index (χ2v) is 4.79. The third kappa shape index (κ3) is 3.82. The maximum absolute atomic E-state index is 11.7. The van der Waals surface area contributed by atoms with Gasteiger partial charge in [-0.3, -0.25) is 9.59 Å². The fourth-order valence-corrected chi connectivity index (χ4v) is 2.15. The molecule has 0 saturated carbocycles. The minimum Gasteiger partial charge on any atom is -0.469 e. The van der Waals surface area contributed by atoms with Crippen molar-refractivity contribution >= 4 is 22.8 Å². The molecule has 0 aliphatic rings. The molecule has 0 aliphatic heterocycles. The monoisotopic (exact) mass is 289 g/mol. The van der Waals surface area contributed by atoms with E-state index in [0.717, 1.165) is 16.5 Å². The summed E-state index contributed by atoms with van der Waals surface area (Å²) in [7, 11) is 1.27. The molecule has 112 valence electrons. The fraction of sp³-hybridized carbons (Fsp3) is 0.333. The number of fused-ring (bicyclic) bond motifs is 1. The number of hydrogen-bond donors (Lipinski definition) is 3. The second-order valence-electron chi connectivity index (χ2n) is 4.79. The van der Waals surface area contributed by atoms with Crippen LogP contribution in [0.1, 0.15) is 12.0 Å². The maximum atomic E-state index is 11.7. The van der Waals surface area contributed by atoms with Crippen LogP contribution in [-0.4, -0.2) is 36.6 Å². The topological polar surface area (TPSA) is 97.2 Å². The number of para-hydroxylation sites is 1. The van der Waals surface area contributed by atoms with E-state index in [0.29, 0.717) is 13.0 Å². The fourth-order valence-electron chi connectivity index (χ4n) is 2.15. The molecular formula is C15H19N3O3. The number of amides is 1. The first kappa shape index (κ1) is 15.1. The summed E-state index contributed by atoms with van der Waals surface area (Å²) < 4.78 is 4.48. The van der Waals surface area contributed by atoms with E-state index in [9.17, 15) is 9.59 Å². The number of esters is 1. The number of rotatable bonds is 6. The first-order valence-electron chi connectivity index (χ1n) is 6.77. The molecule has 0 spiro atoms. The van der Waals surface area contributed by atoms with Crippen molar-refractivity contribution in [2.45, 2.75) is 18.9 Å². The smallest absolute Gasteiger partial charge is 0.307 e. The van der Waals surface area contributed by atoms with E-state index < -0.39 is 12.0 Å². The molecule has 1 heterocycles. The van der Waals surface area contributed by atoms with Crippen molar-refractivity contribution in [3.63, 3.8) is 0 Å². The predicted molar refractivity (Wildman–Crippen MR) is 79.6 cm³/mol. The lowest BCUT2D eigenvalue weighted by Crippen LogP contribution is -2.42. The van der Waals surface area contributed by atoms with Gasteiger partial charge in [-0.2, -0.15) is 0 Å². The average Bonchev–Trinajstić information content (AvgIpc) is 2.90. The van der Waals surface area contributed by atoms with Gasteiger partial charge in [-0.15, -0.1) is 0 Å². The van der Waals surface area contributed by atoms with Gasteiger partial charge in [0.1, 0.15) is 0 Å². The molecule has 1 amide bonds. The molecule has 21 heavy (non-hydrogen) atoms. The summed E-state index contributed by atoms with van der Waals surface area (Å²) in [6, 6.07) is 7.11. The normalized spacial score (nSPS) is 12.1. The van der Waals surface area contributed by atoms with Crippen LogP contribution in [0.5, 0.6) is 0 Å². The van der Waals surface area contributed by atoms with Crippen LogP contribution >= 0.6 is 0 Å². The van der Waals surface area contributed by atoms with E-state index in [1.807, 2.05) is 30.5 Å². The molecule has 2 aromatic rings. The van der Waals surface area contributed by atoms with Gasteiger partial charge >= 0.3 is 5.97 Å². The standard InChI is InChI=1S/C15H19N3O3/c1-21-14(19)8-12(16)15(20)17-7-6-10-9-18-13-5-3-2-4-11(10)13/h2-5,9,12,18H,6-8,16H2,1H3,(H,17,20)/t12-/m0/s1. The van der Waals surface area contributed by atoms with E-state index in [1.165, 1.54) is 7.11 Å². The summed E-state index contributed by atoms with van der Waals surface area (Å²) >= 11 is 0. The number of aromatic amines is 1. The van der Waals surface area contributed by atoms with E-state index in [1.54, 1.807) is 0 Å². The minimum atomic E-state index is -0.875. The molecular weight excluding hydrogens is 270 g/mol. The molecule has 0 bridgehead atoms. The van der Waals surface area contributed by atoms with Gasteiger partial charge in [-0.1, -0.05) is 18.2 Å². The number of hydrogen-bond acceptors (Lipinski definition) is 4. The summed E-state index contributed by atoms with van der Waals surface area (Å²) in [6.45, 7) is 0.468. The summed E-state index contributed by atoms with van der Waals surface area (Å²) in [4.78, 5) is 26.0. The van der Waals surface area contributed by atoms with Gasteiger partial charge in [0.05, 0.1) is 19.6 Å². The number of nitrogens with one attached hydrogen (secondary N) is 2. The van der Waals surface area contributed by atoms with Gasteiger partial charge in [0, 0.05) is 23.6 Å². The Hall–Kier alpha value is -2.34. The molecule has 1 aromatic heterocycles. The van der Waals surface area contributed by atoms with Crippen molar-refractivity contribution in [1.82, 2.24) is 10.3 Å². The van der Waals surface area contributed by atoms with Crippen molar-refractivity contribution in [3.8, 4) is 0 Å². The number of nitrogens with two attached hydrogens (primary N) is 1. The van der Waals surface area contributed by atoms with Crippen molar-refractivity contribution < 1.29 is 14.3 Å². The zero-order valence-corrected chi connectivity index (χ0v) is 11.9. The third-order valence-corrected chi connectivity index (χ3v) is 3.32. The molecule has 0 saturated heterocycles. The second kappa shape index (κ2) is 6.90. The third-order valence-electron chi connectivity index (χ3n) is 3.32. The highest BCUT2D eigenvalue weighted by Crippen LogP contribution is 2.17. The number of ether oxygens (including phenoxy) is 1. The van der Waals surface area contributed by atoms with E-state index in [-0.39, 0.29) is 12.3 Å². The number of carbonyl (C=O) groups is 2. The van der Waals surface area contributed by atoms with Gasteiger partial charge in [-0.25, -0.2) is 0 Å². The van der Waals surface area contributed by atoms with Crippen LogP contribution in [0.15, 0.2) is 30.5 Å². The van der Waals surface area contributed by atoms with Crippen LogP contribution in [0.4, 0.5) is 0 Å². The number of benzene rings is 1. The number of H-pyrrole nitrogens is 1. The SMILES string of the molecule is COC(=O)C[C@H](N)C(=O)NCCc1c[nH]c2ccccc12. The highest BCUT2D eigenvalue weighted by atomic mass is 16.5. The van der Waals surface area contributed by atoms with Gasteiger partial charge < -0.3 is 20.8 Å². The average molecular weight is 289 g/mol. The Labute approximate surface area is 122 Å². The maximum Gasteiger partial charge on any atom is 0.307 e. The van der Waals surface area contributed by atoms with E-state index in [2.05, 4.69) is 15.0 Å². The summed E-state index contributed by atoms with van der Waals surface area (Å²) in [5.74, 6) is -0.838. The van der Waals surface area contributed by atoms with Gasteiger partial charge in [0.15, 0.2) is 0 Å². The molecule has 0 aliphatic carbocycles. The van der Waals surface area contributed by atoms with Crippen LogP contribution in [0.3, 0.4) is 0 Å². The van der Waals surface area contributed by atoms with Crippen molar-refractivity contribution in [1.29, 1.82) is 0 Å². The quantitative estimate of drug-likeness (QED) is 0.682. The zero-order chi connectivity index (χ0) is 15.2. The predicted octanol–water partition coefficient (Wildman–Crippen LogP) is 0.717. The van der Waals surface area contributed by atoms with Gasteiger partial charge in [0.25, 0.3) is 0 Å². The largest absolute Gasteiger partial charge is 0.469 e. The summed E-state index contributed by atoms with van der Waals surface area (Å²) in [5.41, 5.74) is 7.83. The molecule has 0 fully saturated rings. The van der Waals surface area contributed by atoms with Crippen molar-refractivity contribution in [3.05, 3.63) is 36.0 Å². The lowest BCUT2D eigenvalue weighted by Gasteiger charge is -2.10. The van der Waals surface area contributed by atoms with Crippen LogP contribution in [0, 0.1) is 0 Å². The Balaban J connectivity index is 1.84. The highest BCUT2D eigenvalue weighted by Gasteiger charge is 2.17. The first-order valence-corrected chi connectivity index (χ1v) is 6.77. The molecule has 0 unspecified atom stereocenters. The lowest BCUT2D eigenvalue weighted by atomic mass is 10.1. The first-order chi connectivity index (χ1) is 10.1. The Morgan fingerprint density at radius 3 is 2.90 bits per heavy atom. The molecule has 6 nitrogen and oxygen atoms in total. The van der Waals surface area contributed by atoms with Crippen LogP contribution in [0.25, 0.3) is 10.9 Å². The van der Waals surface area contributed by atoms with Crippen molar-refractivity contribution in [2.24, 2.45) is 5.73 Å². The number of carbonyl (C=O) groups excluding carboxylic acids is 2. The van der Waals surface area contributed by atoms with Crippen LogP contribution in [0.2, 0.25) is 0 Å². The summed E-state index contributed by atoms with van der Waals surface area (Å²) in [5, 5.41) is 3.87. The summed E-state index contributed by atoms with van der Waals surface area (Å²) in [6.07, 6.45) is 2.52. The highest BCUT2D eigenvalue weighted by molar-refractivity contribution is 5.86. The Morgan fingerprint density at radius 1 is 1.38 bits per heavy atom.